The number of pyridine rings is 1. The quantitative estimate of drug-likeness (QED) is 0.750. The number of thiophene rings is 1. The first kappa shape index (κ1) is 11.4. The lowest BCUT2D eigenvalue weighted by Crippen LogP contribution is -1.94. The molecule has 0 radical (unpaired) electrons. The third-order valence-electron chi connectivity index (χ3n) is 3.00. The first-order valence-corrected chi connectivity index (χ1v) is 6.68. The number of aliphatic hydroxyl groups is 1. The molecule has 1 unspecified atom stereocenters. The van der Waals surface area contributed by atoms with E-state index in [4.69, 9.17) is 0 Å². The number of hydrogen-bond donors (Lipinski definition) is 1. The van der Waals surface area contributed by atoms with Gasteiger partial charge in [-0.3, -0.25) is 4.98 Å². The predicted molar refractivity (Wildman–Crippen MR) is 75.7 cm³/mol. The zero-order valence-corrected chi connectivity index (χ0v) is 10.8. The Morgan fingerprint density at radius 2 is 2.06 bits per heavy atom. The van der Waals surface area contributed by atoms with E-state index in [1.54, 1.807) is 24.5 Å². The number of fused-ring (bicyclic) bond motifs is 1. The van der Waals surface area contributed by atoms with E-state index in [0.717, 1.165) is 16.0 Å². The Kier molecular flexibility index (Phi) is 2.86. The highest BCUT2D eigenvalue weighted by Gasteiger charge is 2.11. The summed E-state index contributed by atoms with van der Waals surface area (Å²) in [5.41, 5.74) is 1.95. The normalized spacial score (nSPS) is 12.8. The van der Waals surface area contributed by atoms with Crippen LogP contribution in [0.3, 0.4) is 0 Å². The summed E-state index contributed by atoms with van der Waals surface area (Å²) >= 11 is 1.73. The van der Waals surface area contributed by atoms with Gasteiger partial charge in [-0.05, 0) is 36.1 Å². The number of hydrogen-bond acceptors (Lipinski definition) is 3. The van der Waals surface area contributed by atoms with E-state index in [0.29, 0.717) is 0 Å². The molecule has 0 bridgehead atoms. The first-order chi connectivity index (χ1) is 8.75. The van der Waals surface area contributed by atoms with Gasteiger partial charge in [0.15, 0.2) is 0 Å². The molecule has 0 spiro atoms. The van der Waals surface area contributed by atoms with E-state index in [1.807, 2.05) is 24.4 Å². The second-order valence-corrected chi connectivity index (χ2v) is 5.37. The maximum absolute atomic E-state index is 9.82. The van der Waals surface area contributed by atoms with Crippen LogP contribution < -0.4 is 0 Å². The van der Waals surface area contributed by atoms with Gasteiger partial charge in [0.2, 0.25) is 0 Å². The minimum atomic E-state index is -0.479. The van der Waals surface area contributed by atoms with Crippen molar-refractivity contribution >= 4 is 21.4 Å². The van der Waals surface area contributed by atoms with Crippen molar-refractivity contribution in [1.82, 2.24) is 4.98 Å². The second-order valence-electron chi connectivity index (χ2n) is 4.29. The molecule has 2 aromatic heterocycles. The van der Waals surface area contributed by atoms with Crippen molar-refractivity contribution in [3.05, 3.63) is 54.4 Å². The van der Waals surface area contributed by atoms with Crippen LogP contribution in [0.5, 0.6) is 0 Å². The maximum atomic E-state index is 9.82. The third-order valence-corrected chi connectivity index (χ3v) is 4.15. The highest BCUT2D eigenvalue weighted by molar-refractivity contribution is 7.22. The maximum Gasteiger partial charge on any atom is 0.0769 e. The smallest absolute Gasteiger partial charge is 0.0769 e. The fourth-order valence-electron chi connectivity index (χ4n) is 2.09. The van der Waals surface area contributed by atoms with Crippen molar-refractivity contribution in [2.45, 2.75) is 13.0 Å². The first-order valence-electron chi connectivity index (χ1n) is 5.86. The highest BCUT2D eigenvalue weighted by atomic mass is 32.1. The molecular weight excluding hydrogens is 242 g/mol. The monoisotopic (exact) mass is 255 g/mol. The highest BCUT2D eigenvalue weighted by Crippen LogP contribution is 2.36. The average molecular weight is 255 g/mol. The van der Waals surface area contributed by atoms with Gasteiger partial charge < -0.3 is 5.11 Å². The molecule has 0 aliphatic carbocycles. The van der Waals surface area contributed by atoms with Gasteiger partial charge in [0.05, 0.1) is 6.10 Å². The molecule has 0 amide bonds. The lowest BCUT2D eigenvalue weighted by atomic mass is 10.0. The molecule has 0 saturated carbocycles. The van der Waals surface area contributed by atoms with Gasteiger partial charge in [-0.1, -0.05) is 18.2 Å². The Labute approximate surface area is 110 Å². The summed E-state index contributed by atoms with van der Waals surface area (Å²) < 4.78 is 1.26. The summed E-state index contributed by atoms with van der Waals surface area (Å²) in [5.74, 6) is 0. The standard InChI is InChI=1S/C15H13NOS/c1-10(17)12-6-7-16-9-13(12)15-8-11-4-2-3-5-14(11)18-15/h2-10,17H,1H3. The van der Waals surface area contributed by atoms with Crippen LogP contribution in [0.1, 0.15) is 18.6 Å². The molecule has 0 fully saturated rings. The molecular formula is C15H13NOS. The molecule has 0 aliphatic heterocycles. The summed E-state index contributed by atoms with van der Waals surface area (Å²) in [4.78, 5) is 5.32. The van der Waals surface area contributed by atoms with Gasteiger partial charge in [0.1, 0.15) is 0 Å². The number of aliphatic hydroxyl groups excluding tert-OH is 1. The molecule has 2 nitrogen and oxygen atoms in total. The zero-order chi connectivity index (χ0) is 12.5. The molecule has 0 aliphatic rings. The fourth-order valence-corrected chi connectivity index (χ4v) is 3.18. The van der Waals surface area contributed by atoms with Gasteiger partial charge in [-0.15, -0.1) is 11.3 Å². The minimum absolute atomic E-state index is 0.479. The Bertz CT molecular complexity index is 655. The van der Waals surface area contributed by atoms with Crippen LogP contribution in [0.4, 0.5) is 0 Å². The van der Waals surface area contributed by atoms with E-state index < -0.39 is 6.10 Å². The van der Waals surface area contributed by atoms with Crippen molar-refractivity contribution in [1.29, 1.82) is 0 Å². The molecule has 2 heterocycles. The van der Waals surface area contributed by atoms with Crippen LogP contribution in [-0.4, -0.2) is 10.1 Å². The van der Waals surface area contributed by atoms with Crippen LogP contribution in [0.2, 0.25) is 0 Å². The van der Waals surface area contributed by atoms with E-state index in [2.05, 4.69) is 23.2 Å². The minimum Gasteiger partial charge on any atom is -0.389 e. The third kappa shape index (κ3) is 1.92. The number of benzene rings is 1. The molecule has 90 valence electrons. The van der Waals surface area contributed by atoms with E-state index in [9.17, 15) is 5.11 Å². The molecule has 0 saturated heterocycles. The molecule has 3 rings (SSSR count). The second kappa shape index (κ2) is 4.52. The van der Waals surface area contributed by atoms with E-state index in [1.165, 1.54) is 10.1 Å². The lowest BCUT2D eigenvalue weighted by Gasteiger charge is -2.09. The number of nitrogens with zero attached hydrogens (tertiary/aromatic N) is 1. The van der Waals surface area contributed by atoms with Crippen molar-refractivity contribution in [2.24, 2.45) is 0 Å². The van der Waals surface area contributed by atoms with Crippen LogP contribution in [-0.2, 0) is 0 Å². The van der Waals surface area contributed by atoms with Gasteiger partial charge in [-0.2, -0.15) is 0 Å². The summed E-state index contributed by atoms with van der Waals surface area (Å²) in [6.07, 6.45) is 3.07. The molecule has 3 heteroatoms. The van der Waals surface area contributed by atoms with Crippen LogP contribution in [0.25, 0.3) is 20.5 Å². The van der Waals surface area contributed by atoms with Crippen molar-refractivity contribution in [2.75, 3.05) is 0 Å². The largest absolute Gasteiger partial charge is 0.389 e. The van der Waals surface area contributed by atoms with E-state index in [-0.39, 0.29) is 0 Å². The van der Waals surface area contributed by atoms with Gasteiger partial charge >= 0.3 is 0 Å². The van der Waals surface area contributed by atoms with Crippen molar-refractivity contribution in [3.8, 4) is 10.4 Å². The summed E-state index contributed by atoms with van der Waals surface area (Å²) in [7, 11) is 0. The van der Waals surface area contributed by atoms with Crippen LogP contribution >= 0.6 is 11.3 Å². The summed E-state index contributed by atoms with van der Waals surface area (Å²) in [6, 6.07) is 12.3. The van der Waals surface area contributed by atoms with Crippen LogP contribution in [0.15, 0.2) is 48.8 Å². The summed E-state index contributed by atoms with van der Waals surface area (Å²) in [6.45, 7) is 1.78. The van der Waals surface area contributed by atoms with Gasteiger partial charge in [0.25, 0.3) is 0 Å². The summed E-state index contributed by atoms with van der Waals surface area (Å²) in [5, 5.41) is 11.1. The Hall–Kier alpha value is -1.71. The molecule has 18 heavy (non-hydrogen) atoms. The Balaban J connectivity index is 2.20. The van der Waals surface area contributed by atoms with Gasteiger partial charge in [0, 0.05) is 27.5 Å². The lowest BCUT2D eigenvalue weighted by molar-refractivity contribution is 0.200. The van der Waals surface area contributed by atoms with Crippen molar-refractivity contribution < 1.29 is 5.11 Å². The van der Waals surface area contributed by atoms with Crippen molar-refractivity contribution in [3.63, 3.8) is 0 Å². The molecule has 1 N–H and O–H groups in total. The van der Waals surface area contributed by atoms with Crippen LogP contribution in [0, 0.1) is 0 Å². The molecule has 3 aromatic rings. The molecule has 1 atom stereocenters. The SMILES string of the molecule is CC(O)c1ccncc1-c1cc2ccccc2s1. The predicted octanol–water partition coefficient (Wildman–Crippen LogP) is 4.02. The number of aromatic nitrogens is 1. The topological polar surface area (TPSA) is 33.1 Å². The average Bonchev–Trinajstić information content (AvgIpc) is 2.82. The Morgan fingerprint density at radius 1 is 1.22 bits per heavy atom. The van der Waals surface area contributed by atoms with Gasteiger partial charge in [-0.25, -0.2) is 0 Å². The Morgan fingerprint density at radius 3 is 2.83 bits per heavy atom. The zero-order valence-electron chi connectivity index (χ0n) is 10.00. The van der Waals surface area contributed by atoms with E-state index >= 15 is 0 Å². The number of rotatable bonds is 2. The molecule has 1 aromatic carbocycles. The fraction of sp³-hybridized carbons (Fsp3) is 0.133.